The lowest BCUT2D eigenvalue weighted by molar-refractivity contribution is 0.0697. The van der Waals surface area contributed by atoms with Gasteiger partial charge in [0.25, 0.3) is 0 Å². The third kappa shape index (κ3) is 4.31. The van der Waals surface area contributed by atoms with Gasteiger partial charge in [-0.25, -0.2) is 14.5 Å². The normalized spacial score (nSPS) is 11.2. The highest BCUT2D eigenvalue weighted by molar-refractivity contribution is 5.95. The smallest absolute Gasteiger partial charge is 0.336 e. The van der Waals surface area contributed by atoms with Crippen LogP contribution in [0.1, 0.15) is 41.4 Å². The van der Waals surface area contributed by atoms with Crippen LogP contribution in [0, 0.1) is 0 Å². The number of aryl methyl sites for hydroxylation is 1. The largest absolute Gasteiger partial charge is 0.478 e. The first-order chi connectivity index (χ1) is 13.1. The minimum absolute atomic E-state index is 0.309. The van der Waals surface area contributed by atoms with E-state index in [1.165, 1.54) is 0 Å². The van der Waals surface area contributed by atoms with E-state index in [2.05, 4.69) is 16.2 Å². The van der Waals surface area contributed by atoms with Gasteiger partial charge in [0.05, 0.1) is 12.1 Å². The summed E-state index contributed by atoms with van der Waals surface area (Å²) in [5, 5.41) is 13.9. The van der Waals surface area contributed by atoms with Crippen LogP contribution in [0.3, 0.4) is 0 Å². The zero-order valence-corrected chi connectivity index (χ0v) is 15.6. The van der Waals surface area contributed by atoms with E-state index in [0.29, 0.717) is 18.5 Å². The molecule has 0 aliphatic rings. The predicted molar refractivity (Wildman–Crippen MR) is 106 cm³/mol. The molecule has 5 heteroatoms. The average molecular weight is 361 g/mol. The van der Waals surface area contributed by atoms with E-state index < -0.39 is 5.97 Å². The number of carboxylic acids is 1. The molecule has 0 amide bonds. The maximum atomic E-state index is 11.4. The molecule has 0 radical (unpaired) electrons. The van der Waals surface area contributed by atoms with Crippen LogP contribution in [0.25, 0.3) is 11.1 Å². The molecule has 0 aliphatic carbocycles. The Kier molecular flexibility index (Phi) is 5.81. The average Bonchev–Trinajstić information content (AvgIpc) is 3.08. The SMILES string of the molecule is CC=CCn1nc(CC)nc1Cc1ccc(-c2ccccc2C(=O)O)cc1. The number of carbonyl (C=O) groups is 1. The molecule has 1 heterocycles. The lowest BCUT2D eigenvalue weighted by atomic mass is 9.98. The number of rotatable bonds is 7. The van der Waals surface area contributed by atoms with Gasteiger partial charge in [-0.2, -0.15) is 5.10 Å². The van der Waals surface area contributed by atoms with Gasteiger partial charge in [-0.1, -0.05) is 61.5 Å². The number of hydrogen-bond donors (Lipinski definition) is 1. The quantitative estimate of drug-likeness (QED) is 0.635. The summed E-state index contributed by atoms with van der Waals surface area (Å²) < 4.78 is 1.94. The van der Waals surface area contributed by atoms with Crippen molar-refractivity contribution in [3.05, 3.63) is 83.5 Å². The van der Waals surface area contributed by atoms with E-state index in [1.54, 1.807) is 12.1 Å². The second kappa shape index (κ2) is 8.45. The Balaban J connectivity index is 1.85. The van der Waals surface area contributed by atoms with Crippen molar-refractivity contribution >= 4 is 5.97 Å². The maximum Gasteiger partial charge on any atom is 0.336 e. The Morgan fingerprint density at radius 1 is 1.15 bits per heavy atom. The number of hydrogen-bond acceptors (Lipinski definition) is 3. The third-order valence-corrected chi connectivity index (χ3v) is 4.41. The summed E-state index contributed by atoms with van der Waals surface area (Å²) in [6.45, 7) is 4.75. The Labute approximate surface area is 159 Å². The zero-order valence-electron chi connectivity index (χ0n) is 15.6. The summed E-state index contributed by atoms with van der Waals surface area (Å²) in [4.78, 5) is 16.1. The van der Waals surface area contributed by atoms with E-state index in [0.717, 1.165) is 34.8 Å². The molecule has 0 atom stereocenters. The summed E-state index contributed by atoms with van der Waals surface area (Å²) in [6, 6.07) is 15.0. The second-order valence-corrected chi connectivity index (χ2v) is 6.27. The first-order valence-corrected chi connectivity index (χ1v) is 9.07. The fourth-order valence-electron chi connectivity index (χ4n) is 2.96. The first kappa shape index (κ1) is 18.6. The Morgan fingerprint density at radius 2 is 1.89 bits per heavy atom. The number of carboxylic acid groups (broad SMARTS) is 1. The van der Waals surface area contributed by atoms with Crippen LogP contribution >= 0.6 is 0 Å². The Morgan fingerprint density at radius 3 is 2.56 bits per heavy atom. The van der Waals surface area contributed by atoms with Gasteiger partial charge in [-0.15, -0.1) is 0 Å². The standard InChI is InChI=1S/C22H23N3O2/c1-3-5-14-25-21(23-20(4-2)24-25)15-16-10-12-17(13-11-16)18-8-6-7-9-19(18)22(26)27/h3,5-13H,4,14-15H2,1-2H3,(H,26,27). The monoisotopic (exact) mass is 361 g/mol. The van der Waals surface area contributed by atoms with Gasteiger partial charge in [-0.05, 0) is 29.7 Å². The van der Waals surface area contributed by atoms with E-state index in [1.807, 2.05) is 61.0 Å². The molecule has 0 bridgehead atoms. The molecule has 0 aliphatic heterocycles. The molecule has 3 rings (SSSR count). The van der Waals surface area contributed by atoms with Crippen LogP contribution in [-0.4, -0.2) is 25.8 Å². The van der Waals surface area contributed by atoms with Gasteiger partial charge in [0.2, 0.25) is 0 Å². The maximum absolute atomic E-state index is 11.4. The molecule has 0 saturated heterocycles. The number of aromatic carboxylic acids is 1. The minimum atomic E-state index is -0.918. The highest BCUT2D eigenvalue weighted by atomic mass is 16.4. The fraction of sp³-hybridized carbons (Fsp3) is 0.227. The van der Waals surface area contributed by atoms with Crippen molar-refractivity contribution in [3.63, 3.8) is 0 Å². The molecule has 0 fully saturated rings. The van der Waals surface area contributed by atoms with E-state index in [4.69, 9.17) is 0 Å². The van der Waals surface area contributed by atoms with Crippen LogP contribution in [-0.2, 0) is 19.4 Å². The molecular formula is C22H23N3O2. The summed E-state index contributed by atoms with van der Waals surface area (Å²) in [7, 11) is 0. The first-order valence-electron chi connectivity index (χ1n) is 9.07. The zero-order chi connectivity index (χ0) is 19.2. The van der Waals surface area contributed by atoms with Crippen molar-refractivity contribution in [2.75, 3.05) is 0 Å². The molecule has 0 unspecified atom stereocenters. The molecule has 1 N–H and O–H groups in total. The van der Waals surface area contributed by atoms with Crippen LogP contribution in [0.4, 0.5) is 0 Å². The molecule has 3 aromatic rings. The molecule has 27 heavy (non-hydrogen) atoms. The Bertz CT molecular complexity index is 956. The minimum Gasteiger partial charge on any atom is -0.478 e. The predicted octanol–water partition coefficient (Wildman–Crippen LogP) is 4.37. The molecule has 2 aromatic carbocycles. The molecular weight excluding hydrogens is 338 g/mol. The van der Waals surface area contributed by atoms with Crippen molar-refractivity contribution in [1.82, 2.24) is 14.8 Å². The summed E-state index contributed by atoms with van der Waals surface area (Å²) >= 11 is 0. The molecule has 0 spiro atoms. The van der Waals surface area contributed by atoms with Gasteiger partial charge in [-0.3, -0.25) is 0 Å². The van der Waals surface area contributed by atoms with Crippen molar-refractivity contribution in [3.8, 4) is 11.1 Å². The number of allylic oxidation sites excluding steroid dienone is 2. The van der Waals surface area contributed by atoms with Crippen molar-refractivity contribution < 1.29 is 9.90 Å². The van der Waals surface area contributed by atoms with E-state index in [9.17, 15) is 9.90 Å². The molecule has 0 saturated carbocycles. The van der Waals surface area contributed by atoms with Gasteiger partial charge >= 0.3 is 5.97 Å². The van der Waals surface area contributed by atoms with Gasteiger partial charge in [0.1, 0.15) is 5.82 Å². The van der Waals surface area contributed by atoms with E-state index in [-0.39, 0.29) is 0 Å². The van der Waals surface area contributed by atoms with Crippen LogP contribution in [0.5, 0.6) is 0 Å². The van der Waals surface area contributed by atoms with Gasteiger partial charge in [0, 0.05) is 12.8 Å². The number of aromatic nitrogens is 3. The molecule has 138 valence electrons. The van der Waals surface area contributed by atoms with Crippen LogP contribution < -0.4 is 0 Å². The van der Waals surface area contributed by atoms with Crippen LogP contribution in [0.2, 0.25) is 0 Å². The Hall–Kier alpha value is -3.21. The van der Waals surface area contributed by atoms with Crippen molar-refractivity contribution in [1.29, 1.82) is 0 Å². The molecule has 1 aromatic heterocycles. The highest BCUT2D eigenvalue weighted by Crippen LogP contribution is 2.24. The fourth-order valence-corrected chi connectivity index (χ4v) is 2.96. The number of benzene rings is 2. The third-order valence-electron chi connectivity index (χ3n) is 4.41. The van der Waals surface area contributed by atoms with Crippen LogP contribution in [0.15, 0.2) is 60.7 Å². The second-order valence-electron chi connectivity index (χ2n) is 6.27. The summed E-state index contributed by atoms with van der Waals surface area (Å²) in [5.41, 5.74) is 3.04. The lowest BCUT2D eigenvalue weighted by Crippen LogP contribution is -2.05. The van der Waals surface area contributed by atoms with E-state index >= 15 is 0 Å². The topological polar surface area (TPSA) is 68.0 Å². The highest BCUT2D eigenvalue weighted by Gasteiger charge is 2.12. The number of nitrogens with zero attached hydrogens (tertiary/aromatic N) is 3. The van der Waals surface area contributed by atoms with Crippen molar-refractivity contribution in [2.24, 2.45) is 0 Å². The lowest BCUT2D eigenvalue weighted by Gasteiger charge is -2.08. The van der Waals surface area contributed by atoms with Crippen molar-refractivity contribution in [2.45, 2.75) is 33.2 Å². The molecule has 5 nitrogen and oxygen atoms in total. The summed E-state index contributed by atoms with van der Waals surface area (Å²) in [5.74, 6) is 0.865. The van der Waals surface area contributed by atoms with Gasteiger partial charge < -0.3 is 5.11 Å². The summed E-state index contributed by atoms with van der Waals surface area (Å²) in [6.07, 6.45) is 5.56. The van der Waals surface area contributed by atoms with Gasteiger partial charge in [0.15, 0.2) is 5.82 Å².